The Bertz CT molecular complexity index is 635. The molecule has 0 fully saturated rings. The number of carbonyl (C=O) groups is 1. The third kappa shape index (κ3) is 6.45. The molecule has 0 unspecified atom stereocenters. The Morgan fingerprint density at radius 2 is 1.83 bits per heavy atom. The molecule has 0 spiro atoms. The molecule has 3 nitrogen and oxygen atoms in total. The molecular weight excluding hydrogens is 300 g/mol. The standard InChI is InChI=1S/C21H28O3/c1-6-18(12-13-20-16(4)15-24-17(20)5)10-9-11-19(7-2)14-21(22)23-8-3/h9-15H,6-8H2,1-5H3/b11-9+,13-12+,18-10+,19-14+. The van der Waals surface area contributed by atoms with Gasteiger partial charge in [-0.25, -0.2) is 4.79 Å². The van der Waals surface area contributed by atoms with E-state index in [1.807, 2.05) is 32.9 Å². The lowest BCUT2D eigenvalue weighted by Gasteiger charge is -1.99. The number of furan rings is 1. The fourth-order valence-electron chi connectivity index (χ4n) is 2.21. The van der Waals surface area contributed by atoms with Gasteiger partial charge in [-0.05, 0) is 50.3 Å². The molecule has 0 atom stereocenters. The number of carbonyl (C=O) groups excluding carboxylic acids is 1. The molecule has 0 saturated heterocycles. The van der Waals surface area contributed by atoms with Crippen molar-refractivity contribution in [1.29, 1.82) is 0 Å². The predicted molar refractivity (Wildman–Crippen MR) is 99.7 cm³/mol. The highest BCUT2D eigenvalue weighted by molar-refractivity contribution is 5.83. The van der Waals surface area contributed by atoms with Crippen LogP contribution in [0.4, 0.5) is 0 Å². The lowest BCUT2D eigenvalue weighted by Crippen LogP contribution is -2.00. The van der Waals surface area contributed by atoms with E-state index < -0.39 is 0 Å². The molecular formula is C21H28O3. The van der Waals surface area contributed by atoms with Gasteiger partial charge in [0.25, 0.3) is 0 Å². The number of hydrogen-bond donors (Lipinski definition) is 0. The minimum Gasteiger partial charge on any atom is -0.469 e. The first kappa shape index (κ1) is 19.8. The fraction of sp³-hybridized carbons (Fsp3) is 0.381. The Morgan fingerprint density at radius 1 is 1.12 bits per heavy atom. The van der Waals surface area contributed by atoms with Crippen molar-refractivity contribution in [2.24, 2.45) is 0 Å². The van der Waals surface area contributed by atoms with Crippen LogP contribution in [0.25, 0.3) is 6.08 Å². The summed E-state index contributed by atoms with van der Waals surface area (Å²) in [6.45, 7) is 10.3. The quantitative estimate of drug-likeness (QED) is 0.349. The Kier molecular flexibility index (Phi) is 8.63. The molecule has 0 saturated carbocycles. The van der Waals surface area contributed by atoms with Crippen molar-refractivity contribution < 1.29 is 13.9 Å². The number of esters is 1. The van der Waals surface area contributed by atoms with Crippen LogP contribution in [0.15, 0.2) is 52.2 Å². The van der Waals surface area contributed by atoms with Gasteiger partial charge in [0.05, 0.1) is 12.9 Å². The van der Waals surface area contributed by atoms with Crippen molar-refractivity contribution in [3.05, 3.63) is 64.7 Å². The molecule has 0 aliphatic heterocycles. The summed E-state index contributed by atoms with van der Waals surface area (Å²) in [4.78, 5) is 11.5. The summed E-state index contributed by atoms with van der Waals surface area (Å²) in [5.74, 6) is 0.643. The smallest absolute Gasteiger partial charge is 0.331 e. The molecule has 0 aromatic carbocycles. The minimum atomic E-state index is -0.288. The van der Waals surface area contributed by atoms with E-state index >= 15 is 0 Å². The number of ether oxygens (including phenoxy) is 1. The van der Waals surface area contributed by atoms with Crippen LogP contribution in [0.2, 0.25) is 0 Å². The summed E-state index contributed by atoms with van der Waals surface area (Å²) in [7, 11) is 0. The summed E-state index contributed by atoms with van der Waals surface area (Å²) < 4.78 is 10.3. The molecule has 0 aliphatic rings. The summed E-state index contributed by atoms with van der Waals surface area (Å²) in [6.07, 6.45) is 15.2. The number of aryl methyl sites for hydroxylation is 2. The van der Waals surface area contributed by atoms with E-state index in [0.29, 0.717) is 6.61 Å². The van der Waals surface area contributed by atoms with Crippen LogP contribution in [0.5, 0.6) is 0 Å². The van der Waals surface area contributed by atoms with Gasteiger partial charge in [0.1, 0.15) is 5.76 Å². The van der Waals surface area contributed by atoms with Crippen LogP contribution < -0.4 is 0 Å². The van der Waals surface area contributed by atoms with Gasteiger partial charge < -0.3 is 9.15 Å². The third-order valence-electron chi connectivity index (χ3n) is 3.71. The van der Waals surface area contributed by atoms with E-state index in [1.54, 1.807) is 19.3 Å². The topological polar surface area (TPSA) is 39.4 Å². The molecule has 1 aromatic heterocycles. The zero-order valence-corrected chi connectivity index (χ0v) is 15.4. The van der Waals surface area contributed by atoms with Crippen LogP contribution in [0.3, 0.4) is 0 Å². The molecule has 24 heavy (non-hydrogen) atoms. The largest absolute Gasteiger partial charge is 0.469 e. The monoisotopic (exact) mass is 328 g/mol. The Morgan fingerprint density at radius 3 is 2.38 bits per heavy atom. The van der Waals surface area contributed by atoms with Crippen molar-refractivity contribution in [3.8, 4) is 0 Å². The average Bonchev–Trinajstić information content (AvgIpc) is 2.88. The van der Waals surface area contributed by atoms with Crippen LogP contribution >= 0.6 is 0 Å². The second-order valence-electron chi connectivity index (χ2n) is 5.50. The first-order valence-corrected chi connectivity index (χ1v) is 8.49. The van der Waals surface area contributed by atoms with Crippen molar-refractivity contribution in [1.82, 2.24) is 0 Å². The van der Waals surface area contributed by atoms with Gasteiger partial charge >= 0.3 is 5.97 Å². The maximum Gasteiger partial charge on any atom is 0.331 e. The lowest BCUT2D eigenvalue weighted by atomic mass is 10.1. The van der Waals surface area contributed by atoms with Crippen LogP contribution in [0.1, 0.15) is 50.5 Å². The van der Waals surface area contributed by atoms with Crippen LogP contribution in [-0.2, 0) is 9.53 Å². The molecule has 1 aromatic rings. The van der Waals surface area contributed by atoms with Gasteiger partial charge in [-0.3, -0.25) is 0 Å². The van der Waals surface area contributed by atoms with E-state index in [0.717, 1.165) is 35.3 Å². The van der Waals surface area contributed by atoms with E-state index in [4.69, 9.17) is 9.15 Å². The average molecular weight is 328 g/mol. The minimum absolute atomic E-state index is 0.288. The third-order valence-corrected chi connectivity index (χ3v) is 3.71. The maximum absolute atomic E-state index is 11.5. The summed E-state index contributed by atoms with van der Waals surface area (Å²) in [5.41, 5.74) is 4.43. The molecule has 0 N–H and O–H groups in total. The molecule has 0 bridgehead atoms. The predicted octanol–water partition coefficient (Wildman–Crippen LogP) is 5.70. The highest BCUT2D eigenvalue weighted by atomic mass is 16.5. The molecule has 0 radical (unpaired) electrons. The first-order valence-electron chi connectivity index (χ1n) is 8.49. The Balaban J connectivity index is 2.82. The Hall–Kier alpha value is -2.29. The van der Waals surface area contributed by atoms with E-state index in [9.17, 15) is 4.79 Å². The van der Waals surface area contributed by atoms with Crippen LogP contribution in [-0.4, -0.2) is 12.6 Å². The summed E-state index contributed by atoms with van der Waals surface area (Å²) >= 11 is 0. The normalized spacial score (nSPS) is 13.2. The van der Waals surface area contributed by atoms with Gasteiger partial charge in [-0.2, -0.15) is 0 Å². The number of allylic oxidation sites excluding steroid dienone is 6. The van der Waals surface area contributed by atoms with Gasteiger partial charge in [0.15, 0.2) is 0 Å². The molecule has 0 aliphatic carbocycles. The van der Waals surface area contributed by atoms with Gasteiger partial charge in [-0.1, -0.05) is 44.2 Å². The lowest BCUT2D eigenvalue weighted by molar-refractivity contribution is -0.137. The summed E-state index contributed by atoms with van der Waals surface area (Å²) in [5, 5.41) is 0. The molecule has 1 heterocycles. The van der Waals surface area contributed by atoms with Gasteiger partial charge in [0, 0.05) is 11.6 Å². The first-order chi connectivity index (χ1) is 11.5. The zero-order valence-electron chi connectivity index (χ0n) is 15.4. The number of rotatable bonds is 8. The molecule has 3 heteroatoms. The van der Waals surface area contributed by atoms with E-state index in [2.05, 4.69) is 25.2 Å². The fourth-order valence-corrected chi connectivity index (χ4v) is 2.21. The van der Waals surface area contributed by atoms with Gasteiger partial charge in [0.2, 0.25) is 0 Å². The second-order valence-corrected chi connectivity index (χ2v) is 5.50. The molecule has 130 valence electrons. The van der Waals surface area contributed by atoms with E-state index in [-0.39, 0.29) is 5.97 Å². The zero-order chi connectivity index (χ0) is 17.9. The highest BCUT2D eigenvalue weighted by Crippen LogP contribution is 2.18. The van der Waals surface area contributed by atoms with Crippen molar-refractivity contribution in [3.63, 3.8) is 0 Å². The van der Waals surface area contributed by atoms with E-state index in [1.165, 1.54) is 5.57 Å². The summed E-state index contributed by atoms with van der Waals surface area (Å²) in [6, 6.07) is 0. The Labute approximate surface area is 145 Å². The van der Waals surface area contributed by atoms with Crippen molar-refractivity contribution in [2.75, 3.05) is 6.61 Å². The number of hydrogen-bond acceptors (Lipinski definition) is 3. The SMILES string of the molecule is CCOC(=O)/C=C(/C=C/C=C(/C=C/c1c(C)coc1C)CC)CC. The highest BCUT2D eigenvalue weighted by Gasteiger charge is 2.02. The molecule has 1 rings (SSSR count). The second kappa shape index (κ2) is 10.5. The van der Waals surface area contributed by atoms with Crippen LogP contribution in [0, 0.1) is 13.8 Å². The van der Waals surface area contributed by atoms with Crippen molar-refractivity contribution >= 4 is 12.0 Å². The molecule has 0 amide bonds. The maximum atomic E-state index is 11.5. The van der Waals surface area contributed by atoms with Crippen molar-refractivity contribution in [2.45, 2.75) is 47.5 Å². The van der Waals surface area contributed by atoms with Gasteiger partial charge in [-0.15, -0.1) is 0 Å².